The van der Waals surface area contributed by atoms with Gasteiger partial charge in [-0.1, -0.05) is 29.3 Å². The van der Waals surface area contributed by atoms with Crippen LogP contribution in [0.2, 0.25) is 10.0 Å². The van der Waals surface area contributed by atoms with Gasteiger partial charge in [0, 0.05) is 9.85 Å². The Kier molecular flexibility index (Phi) is 4.66. The number of amides is 2. The number of halogens is 3. The third kappa shape index (κ3) is 2.99. The number of carbonyl (C=O) groups is 2. The van der Waals surface area contributed by atoms with Crippen molar-refractivity contribution in [1.82, 2.24) is 9.96 Å². The molecule has 0 bridgehead atoms. The van der Waals surface area contributed by atoms with Crippen LogP contribution in [0.3, 0.4) is 0 Å². The molecule has 9 heteroatoms. The molecule has 2 aromatic rings. The van der Waals surface area contributed by atoms with Crippen LogP contribution in [0.25, 0.3) is 0 Å². The highest BCUT2D eigenvalue weighted by Gasteiger charge is 2.42. The highest BCUT2D eigenvalue weighted by molar-refractivity contribution is 9.10. The van der Waals surface area contributed by atoms with Crippen molar-refractivity contribution in [3.05, 3.63) is 54.6 Å². The summed E-state index contributed by atoms with van der Waals surface area (Å²) < 4.78 is 0.804. The Hall–Kier alpha value is -1.12. The van der Waals surface area contributed by atoms with Gasteiger partial charge in [0.05, 0.1) is 20.5 Å². The lowest BCUT2D eigenvalue weighted by molar-refractivity contribution is -0.168. The maximum absolute atomic E-state index is 12.8. The summed E-state index contributed by atoms with van der Waals surface area (Å²) >= 11 is 16.7. The molecule has 0 saturated carbocycles. The zero-order valence-corrected chi connectivity index (χ0v) is 15.3. The van der Waals surface area contributed by atoms with Crippen LogP contribution in [0.1, 0.15) is 21.4 Å². The maximum Gasteiger partial charge on any atom is 0.267 e. The number of nitrogens with zero attached hydrogens (tertiary/aromatic N) is 2. The Morgan fingerprint density at radius 2 is 2.13 bits per heavy atom. The zero-order chi connectivity index (χ0) is 16.7. The molecular formula is C14H9BrCl2N2O3S. The number of hydrogen-bond donors (Lipinski definition) is 1. The van der Waals surface area contributed by atoms with Gasteiger partial charge in [-0.3, -0.25) is 14.8 Å². The minimum absolute atomic E-state index is 0.120. The molecule has 0 aliphatic carbocycles. The van der Waals surface area contributed by atoms with Crippen molar-refractivity contribution in [2.24, 2.45) is 0 Å². The molecule has 0 radical (unpaired) electrons. The second kappa shape index (κ2) is 6.41. The molecule has 0 spiro atoms. The van der Waals surface area contributed by atoms with E-state index in [1.165, 1.54) is 22.3 Å². The molecular weight excluding hydrogens is 427 g/mol. The third-order valence-corrected chi connectivity index (χ3v) is 5.93. The standard InChI is InChI=1S/C14H9BrCl2N2O3S/c15-7-4-10(23-6-7)13-18(5-11(20)19(13)22)14(21)8-2-1-3-9(16)12(8)17/h1-4,6,13,22H,5H2. The Labute approximate surface area is 154 Å². The van der Waals surface area contributed by atoms with E-state index in [2.05, 4.69) is 15.9 Å². The summed E-state index contributed by atoms with van der Waals surface area (Å²) in [4.78, 5) is 26.6. The quantitative estimate of drug-likeness (QED) is 0.719. The van der Waals surface area contributed by atoms with E-state index in [0.717, 1.165) is 4.47 Å². The lowest BCUT2D eigenvalue weighted by atomic mass is 10.2. The van der Waals surface area contributed by atoms with E-state index in [4.69, 9.17) is 23.2 Å². The second-order valence-electron chi connectivity index (χ2n) is 4.81. The van der Waals surface area contributed by atoms with Gasteiger partial charge in [-0.15, -0.1) is 11.3 Å². The van der Waals surface area contributed by atoms with E-state index in [9.17, 15) is 14.8 Å². The van der Waals surface area contributed by atoms with Gasteiger partial charge < -0.3 is 4.90 Å². The van der Waals surface area contributed by atoms with Crippen LogP contribution in [0.15, 0.2) is 34.1 Å². The Bertz CT molecular complexity index is 798. The van der Waals surface area contributed by atoms with Crippen LogP contribution < -0.4 is 0 Å². The summed E-state index contributed by atoms with van der Waals surface area (Å²) in [5, 5.41) is 12.8. The molecule has 2 amide bonds. The van der Waals surface area contributed by atoms with Gasteiger partial charge in [0.25, 0.3) is 11.8 Å². The Balaban J connectivity index is 2.01. The molecule has 1 atom stereocenters. The number of thiophene rings is 1. The monoisotopic (exact) mass is 434 g/mol. The highest BCUT2D eigenvalue weighted by atomic mass is 79.9. The van der Waals surface area contributed by atoms with Crippen molar-refractivity contribution in [2.75, 3.05) is 6.54 Å². The van der Waals surface area contributed by atoms with Gasteiger partial charge in [0.2, 0.25) is 0 Å². The summed E-state index contributed by atoms with van der Waals surface area (Å²) in [5.74, 6) is -1.04. The topological polar surface area (TPSA) is 60.9 Å². The van der Waals surface area contributed by atoms with Gasteiger partial charge in [-0.05, 0) is 34.1 Å². The first-order valence-electron chi connectivity index (χ1n) is 6.40. The van der Waals surface area contributed by atoms with Crippen molar-refractivity contribution >= 4 is 62.3 Å². The van der Waals surface area contributed by atoms with E-state index in [-0.39, 0.29) is 22.2 Å². The van der Waals surface area contributed by atoms with Crippen LogP contribution in [0.4, 0.5) is 0 Å². The summed E-state index contributed by atoms with van der Waals surface area (Å²) in [6.07, 6.45) is -0.888. The molecule has 1 saturated heterocycles. The average Bonchev–Trinajstić information content (AvgIpc) is 3.06. The lowest BCUT2D eigenvalue weighted by Crippen LogP contribution is -2.34. The molecule has 1 aliphatic heterocycles. The molecule has 2 heterocycles. The van der Waals surface area contributed by atoms with Crippen molar-refractivity contribution in [3.63, 3.8) is 0 Å². The number of hydrogen-bond acceptors (Lipinski definition) is 4. The fourth-order valence-electron chi connectivity index (χ4n) is 2.32. The van der Waals surface area contributed by atoms with E-state index in [0.29, 0.717) is 9.94 Å². The number of carbonyl (C=O) groups excluding carboxylic acids is 2. The van der Waals surface area contributed by atoms with Crippen molar-refractivity contribution in [2.45, 2.75) is 6.17 Å². The summed E-state index contributed by atoms with van der Waals surface area (Å²) in [7, 11) is 0. The van der Waals surface area contributed by atoms with Crippen molar-refractivity contribution < 1.29 is 14.8 Å². The number of benzene rings is 1. The minimum atomic E-state index is -0.888. The van der Waals surface area contributed by atoms with Gasteiger partial charge >= 0.3 is 0 Å². The van der Waals surface area contributed by atoms with Crippen LogP contribution in [-0.2, 0) is 4.79 Å². The molecule has 5 nitrogen and oxygen atoms in total. The van der Waals surface area contributed by atoms with Crippen LogP contribution in [0, 0.1) is 0 Å². The van der Waals surface area contributed by atoms with E-state index in [1.807, 2.05) is 0 Å². The van der Waals surface area contributed by atoms with Crippen LogP contribution in [-0.4, -0.2) is 33.5 Å². The number of hydroxylamine groups is 2. The molecule has 1 fully saturated rings. The molecule has 120 valence electrons. The summed E-state index contributed by atoms with van der Waals surface area (Å²) in [6, 6.07) is 6.45. The van der Waals surface area contributed by atoms with Crippen molar-refractivity contribution in [3.8, 4) is 0 Å². The average molecular weight is 436 g/mol. The molecule has 1 aromatic heterocycles. The fraction of sp³-hybridized carbons (Fsp3) is 0.143. The predicted octanol–water partition coefficient (Wildman–Crippen LogP) is 4.19. The third-order valence-electron chi connectivity index (χ3n) is 3.37. The smallest absolute Gasteiger partial charge is 0.267 e. The van der Waals surface area contributed by atoms with Gasteiger partial charge in [0.1, 0.15) is 6.54 Å². The highest BCUT2D eigenvalue weighted by Crippen LogP contribution is 2.37. The normalized spacial score (nSPS) is 17.9. The number of rotatable bonds is 2. The first kappa shape index (κ1) is 16.7. The maximum atomic E-state index is 12.8. The Morgan fingerprint density at radius 3 is 2.78 bits per heavy atom. The van der Waals surface area contributed by atoms with Crippen LogP contribution in [0.5, 0.6) is 0 Å². The lowest BCUT2D eigenvalue weighted by Gasteiger charge is -2.25. The molecule has 1 N–H and O–H groups in total. The molecule has 23 heavy (non-hydrogen) atoms. The summed E-state index contributed by atoms with van der Waals surface area (Å²) in [6.45, 7) is -0.238. The van der Waals surface area contributed by atoms with E-state index < -0.39 is 18.0 Å². The molecule has 1 unspecified atom stereocenters. The largest absolute Gasteiger partial charge is 0.302 e. The summed E-state index contributed by atoms with van der Waals surface area (Å²) in [5.41, 5.74) is 0.183. The zero-order valence-electron chi connectivity index (χ0n) is 11.4. The Morgan fingerprint density at radius 1 is 1.39 bits per heavy atom. The van der Waals surface area contributed by atoms with Gasteiger partial charge in [-0.25, -0.2) is 0 Å². The first-order valence-corrected chi connectivity index (χ1v) is 8.83. The van der Waals surface area contributed by atoms with Gasteiger partial charge in [-0.2, -0.15) is 5.06 Å². The van der Waals surface area contributed by atoms with E-state index >= 15 is 0 Å². The van der Waals surface area contributed by atoms with E-state index in [1.54, 1.807) is 23.6 Å². The molecule has 1 aliphatic rings. The van der Waals surface area contributed by atoms with Crippen LogP contribution >= 0.6 is 50.5 Å². The predicted molar refractivity (Wildman–Crippen MR) is 90.9 cm³/mol. The first-order chi connectivity index (χ1) is 10.9. The van der Waals surface area contributed by atoms with Gasteiger partial charge in [0.15, 0.2) is 6.17 Å². The molecule has 1 aromatic carbocycles. The van der Waals surface area contributed by atoms with Crippen molar-refractivity contribution in [1.29, 1.82) is 0 Å². The SMILES string of the molecule is O=C1CN(C(=O)c2cccc(Cl)c2Cl)C(c2cc(Br)cs2)N1O. The second-order valence-corrected chi connectivity index (χ2v) is 7.46. The fourth-order valence-corrected chi connectivity index (χ4v) is 4.24. The molecule has 3 rings (SSSR count). The minimum Gasteiger partial charge on any atom is -0.302 e.